The van der Waals surface area contributed by atoms with E-state index in [9.17, 15) is 32.3 Å². The molecular formula is C17H13F4NO3. The average Bonchev–Trinajstić information content (AvgIpc) is 2.54. The molecule has 0 radical (unpaired) electrons. The number of halogens is 4. The summed E-state index contributed by atoms with van der Waals surface area (Å²) < 4.78 is 50.4. The Hall–Kier alpha value is -2.90. The maximum absolute atomic E-state index is 12.8. The molecule has 0 aliphatic heterocycles. The smallest absolute Gasteiger partial charge is 0.416 e. The lowest BCUT2D eigenvalue weighted by Crippen LogP contribution is -2.42. The summed E-state index contributed by atoms with van der Waals surface area (Å²) in [6.45, 7) is 0. The van der Waals surface area contributed by atoms with Crippen LogP contribution in [0, 0.1) is 5.82 Å². The van der Waals surface area contributed by atoms with E-state index in [4.69, 9.17) is 0 Å². The second-order valence-electron chi connectivity index (χ2n) is 5.27. The number of hydrogen-bond acceptors (Lipinski definition) is 2. The standard InChI is InChI=1S/C17H13F4NO3/c18-13-7-3-11(4-8-13)15(23)22-14(16(24)25)9-10-1-5-12(6-2-10)17(19,20)21/h1-8,14H,9H2,(H,22,23)(H,24,25)/t14-/m1/s1. The highest BCUT2D eigenvalue weighted by molar-refractivity contribution is 5.96. The van der Waals surface area contributed by atoms with E-state index in [0.29, 0.717) is 5.56 Å². The van der Waals surface area contributed by atoms with E-state index < -0.39 is 35.5 Å². The van der Waals surface area contributed by atoms with E-state index in [-0.39, 0.29) is 12.0 Å². The fraction of sp³-hybridized carbons (Fsp3) is 0.176. The van der Waals surface area contributed by atoms with Crippen molar-refractivity contribution in [3.05, 3.63) is 71.0 Å². The normalized spacial score (nSPS) is 12.5. The predicted molar refractivity (Wildman–Crippen MR) is 80.4 cm³/mol. The van der Waals surface area contributed by atoms with Crippen LogP contribution in [0.5, 0.6) is 0 Å². The third-order valence-electron chi connectivity index (χ3n) is 3.43. The summed E-state index contributed by atoms with van der Waals surface area (Å²) >= 11 is 0. The largest absolute Gasteiger partial charge is 0.480 e. The summed E-state index contributed by atoms with van der Waals surface area (Å²) in [5.74, 6) is -2.61. The highest BCUT2D eigenvalue weighted by atomic mass is 19.4. The van der Waals surface area contributed by atoms with Crippen molar-refractivity contribution >= 4 is 11.9 Å². The zero-order valence-corrected chi connectivity index (χ0v) is 12.7. The van der Waals surface area contributed by atoms with Crippen LogP contribution >= 0.6 is 0 Å². The van der Waals surface area contributed by atoms with Gasteiger partial charge in [-0.05, 0) is 42.0 Å². The molecule has 8 heteroatoms. The van der Waals surface area contributed by atoms with Crippen molar-refractivity contribution < 1.29 is 32.3 Å². The Balaban J connectivity index is 2.09. The van der Waals surface area contributed by atoms with Gasteiger partial charge >= 0.3 is 12.1 Å². The molecule has 2 aromatic carbocycles. The quantitative estimate of drug-likeness (QED) is 0.809. The molecule has 0 bridgehead atoms. The first-order valence-electron chi connectivity index (χ1n) is 7.12. The second-order valence-corrected chi connectivity index (χ2v) is 5.27. The van der Waals surface area contributed by atoms with E-state index >= 15 is 0 Å². The molecule has 25 heavy (non-hydrogen) atoms. The highest BCUT2D eigenvalue weighted by Crippen LogP contribution is 2.29. The minimum atomic E-state index is -4.48. The lowest BCUT2D eigenvalue weighted by atomic mass is 10.0. The summed E-state index contributed by atoms with van der Waals surface area (Å²) in [6, 6.07) is 7.16. The number of aliphatic carboxylic acids is 1. The number of carboxylic acids is 1. The van der Waals surface area contributed by atoms with Gasteiger partial charge in [0.1, 0.15) is 11.9 Å². The monoisotopic (exact) mass is 355 g/mol. The van der Waals surface area contributed by atoms with Crippen molar-refractivity contribution in [2.24, 2.45) is 0 Å². The van der Waals surface area contributed by atoms with Gasteiger partial charge in [-0.2, -0.15) is 13.2 Å². The first kappa shape index (κ1) is 18.4. The number of carbonyl (C=O) groups excluding carboxylic acids is 1. The molecule has 4 nitrogen and oxygen atoms in total. The van der Waals surface area contributed by atoms with Crippen molar-refractivity contribution in [1.82, 2.24) is 5.32 Å². The van der Waals surface area contributed by atoms with E-state index in [1.165, 1.54) is 12.1 Å². The number of amides is 1. The van der Waals surface area contributed by atoms with Gasteiger partial charge in [-0.15, -0.1) is 0 Å². The number of rotatable bonds is 5. The van der Waals surface area contributed by atoms with Crippen LogP contribution in [0.4, 0.5) is 17.6 Å². The Morgan fingerprint density at radius 2 is 1.56 bits per heavy atom. The fourth-order valence-electron chi connectivity index (χ4n) is 2.11. The fourth-order valence-corrected chi connectivity index (χ4v) is 2.11. The summed E-state index contributed by atoms with van der Waals surface area (Å²) in [5.41, 5.74) is -0.460. The van der Waals surface area contributed by atoms with Gasteiger partial charge in [-0.1, -0.05) is 12.1 Å². The molecule has 2 rings (SSSR count). The molecule has 132 valence electrons. The lowest BCUT2D eigenvalue weighted by molar-refractivity contribution is -0.139. The molecule has 1 amide bonds. The zero-order chi connectivity index (χ0) is 18.6. The SMILES string of the molecule is O=C(N[C@H](Cc1ccc(C(F)(F)F)cc1)C(=O)O)c1ccc(F)cc1. The van der Waals surface area contributed by atoms with Crippen molar-refractivity contribution in [2.75, 3.05) is 0 Å². The van der Waals surface area contributed by atoms with Gasteiger partial charge in [0.05, 0.1) is 5.56 Å². The minimum absolute atomic E-state index is 0.0695. The molecule has 0 aliphatic carbocycles. The number of nitrogens with one attached hydrogen (secondary N) is 1. The third-order valence-corrected chi connectivity index (χ3v) is 3.43. The van der Waals surface area contributed by atoms with Crippen LogP contribution in [0.15, 0.2) is 48.5 Å². The molecule has 0 saturated carbocycles. The van der Waals surface area contributed by atoms with Gasteiger partial charge < -0.3 is 10.4 Å². The number of carboxylic acid groups (broad SMARTS) is 1. The van der Waals surface area contributed by atoms with Crippen molar-refractivity contribution in [3.8, 4) is 0 Å². The van der Waals surface area contributed by atoms with Crippen molar-refractivity contribution in [3.63, 3.8) is 0 Å². The van der Waals surface area contributed by atoms with E-state index in [0.717, 1.165) is 36.4 Å². The van der Waals surface area contributed by atoms with Crippen LogP contribution < -0.4 is 5.32 Å². The molecule has 0 saturated heterocycles. The molecule has 2 N–H and O–H groups in total. The molecule has 0 unspecified atom stereocenters. The summed E-state index contributed by atoms with van der Waals surface area (Å²) in [5, 5.41) is 11.5. The van der Waals surface area contributed by atoms with Gasteiger partial charge in [-0.3, -0.25) is 4.79 Å². The van der Waals surface area contributed by atoms with Gasteiger partial charge in [0.15, 0.2) is 0 Å². The molecule has 0 fully saturated rings. The molecule has 0 spiro atoms. The van der Waals surface area contributed by atoms with Gasteiger partial charge in [0, 0.05) is 12.0 Å². The number of carbonyl (C=O) groups is 2. The van der Waals surface area contributed by atoms with Gasteiger partial charge in [0.2, 0.25) is 0 Å². The average molecular weight is 355 g/mol. The summed E-state index contributed by atoms with van der Waals surface area (Å²) in [6.07, 6.45) is -4.68. The first-order chi connectivity index (χ1) is 11.7. The number of alkyl halides is 3. The second kappa shape index (κ2) is 7.33. The number of benzene rings is 2. The highest BCUT2D eigenvalue weighted by Gasteiger charge is 2.30. The maximum Gasteiger partial charge on any atom is 0.416 e. The van der Waals surface area contributed by atoms with E-state index in [1.807, 2.05) is 0 Å². The topological polar surface area (TPSA) is 66.4 Å². The van der Waals surface area contributed by atoms with E-state index in [2.05, 4.69) is 5.32 Å². The molecule has 1 atom stereocenters. The molecular weight excluding hydrogens is 342 g/mol. The van der Waals surface area contributed by atoms with Crippen LogP contribution in [0.2, 0.25) is 0 Å². The predicted octanol–water partition coefficient (Wildman–Crippen LogP) is 3.27. The van der Waals surface area contributed by atoms with Crippen LogP contribution in [-0.2, 0) is 17.4 Å². The van der Waals surface area contributed by atoms with Crippen molar-refractivity contribution in [1.29, 1.82) is 0 Å². The molecule has 0 aromatic heterocycles. The molecule has 2 aromatic rings. The van der Waals surface area contributed by atoms with Crippen LogP contribution in [0.3, 0.4) is 0 Å². The molecule has 0 heterocycles. The van der Waals surface area contributed by atoms with Crippen LogP contribution in [0.1, 0.15) is 21.5 Å². The number of hydrogen-bond donors (Lipinski definition) is 2. The Kier molecular flexibility index (Phi) is 5.41. The van der Waals surface area contributed by atoms with Crippen LogP contribution in [-0.4, -0.2) is 23.0 Å². The minimum Gasteiger partial charge on any atom is -0.480 e. The maximum atomic E-state index is 12.8. The Bertz CT molecular complexity index is 755. The summed E-state index contributed by atoms with van der Waals surface area (Å²) in [4.78, 5) is 23.3. The Morgan fingerprint density at radius 3 is 2.04 bits per heavy atom. The molecule has 0 aliphatic rings. The lowest BCUT2D eigenvalue weighted by Gasteiger charge is -2.15. The van der Waals surface area contributed by atoms with E-state index in [1.54, 1.807) is 0 Å². The Morgan fingerprint density at radius 1 is 1.00 bits per heavy atom. The summed E-state index contributed by atoms with van der Waals surface area (Å²) in [7, 11) is 0. The van der Waals surface area contributed by atoms with Gasteiger partial charge in [-0.25, -0.2) is 9.18 Å². The third kappa shape index (κ3) is 5.03. The first-order valence-corrected chi connectivity index (χ1v) is 7.12. The van der Waals surface area contributed by atoms with Gasteiger partial charge in [0.25, 0.3) is 5.91 Å². The Labute approximate surface area is 140 Å². The zero-order valence-electron chi connectivity index (χ0n) is 12.7. The van der Waals surface area contributed by atoms with Crippen LogP contribution in [0.25, 0.3) is 0 Å². The van der Waals surface area contributed by atoms with Crippen molar-refractivity contribution in [2.45, 2.75) is 18.6 Å².